The number of rotatable bonds is 4. The molecule has 6 nitrogen and oxygen atoms in total. The van der Waals surface area contributed by atoms with Gasteiger partial charge in [0.2, 0.25) is 0 Å². The summed E-state index contributed by atoms with van der Waals surface area (Å²) >= 11 is 0. The number of hydrogen-bond acceptors (Lipinski definition) is 4. The van der Waals surface area contributed by atoms with E-state index in [4.69, 9.17) is 0 Å². The summed E-state index contributed by atoms with van der Waals surface area (Å²) in [7, 11) is -3.89. The molecule has 2 heterocycles. The smallest absolute Gasteiger partial charge is 0.315 e. The third kappa shape index (κ3) is 3.40. The van der Waals surface area contributed by atoms with Gasteiger partial charge in [-0.25, -0.2) is 13.0 Å². The summed E-state index contributed by atoms with van der Waals surface area (Å²) in [6, 6.07) is 13.0. The number of nitrogens with one attached hydrogen (secondary N) is 1. The molecule has 0 atom stereocenters. The first-order valence-corrected chi connectivity index (χ1v) is 10.6. The molecule has 0 spiro atoms. The minimum Gasteiger partial charge on any atom is -0.315 e. The Labute approximate surface area is 159 Å². The average molecular weight is 390 g/mol. The van der Waals surface area contributed by atoms with Crippen LogP contribution in [0.1, 0.15) is 6.42 Å². The first kappa shape index (κ1) is 18.2. The lowest BCUT2D eigenvalue weighted by Gasteiger charge is -2.25. The topological polar surface area (TPSA) is 55.9 Å². The average Bonchev–Trinajstić information content (AvgIpc) is 2.82. The van der Waals surface area contributed by atoms with Crippen molar-refractivity contribution in [1.29, 1.82) is 0 Å². The summed E-state index contributed by atoms with van der Waals surface area (Å²) in [5.74, 6) is -0.559. The molecule has 0 amide bonds. The summed E-state index contributed by atoms with van der Waals surface area (Å²) in [6.45, 7) is 4.71. The summed E-state index contributed by atoms with van der Waals surface area (Å²) in [5.41, 5.74) is 1.13. The van der Waals surface area contributed by atoms with Gasteiger partial charge in [-0.05, 0) is 43.8 Å². The molecule has 0 aromatic heterocycles. The number of halogens is 1. The van der Waals surface area contributed by atoms with Crippen molar-refractivity contribution in [2.75, 3.05) is 47.9 Å². The zero-order chi connectivity index (χ0) is 18.9. The van der Waals surface area contributed by atoms with E-state index in [1.54, 1.807) is 30.3 Å². The summed E-state index contributed by atoms with van der Waals surface area (Å²) < 4.78 is 43.5. The Morgan fingerprint density at radius 3 is 2.37 bits per heavy atom. The molecular weight excluding hydrogens is 367 g/mol. The van der Waals surface area contributed by atoms with Crippen molar-refractivity contribution >= 4 is 27.3 Å². The van der Waals surface area contributed by atoms with Crippen molar-refractivity contribution < 1.29 is 12.8 Å². The molecule has 8 heteroatoms. The van der Waals surface area contributed by atoms with Crippen LogP contribution in [0.15, 0.2) is 48.5 Å². The van der Waals surface area contributed by atoms with Gasteiger partial charge in [-0.1, -0.05) is 24.3 Å². The van der Waals surface area contributed by atoms with Crippen molar-refractivity contribution in [2.24, 2.45) is 0 Å². The predicted octanol–water partition coefficient (Wildman–Crippen LogP) is 2.32. The van der Waals surface area contributed by atoms with Crippen LogP contribution >= 0.6 is 0 Å². The molecule has 0 saturated carbocycles. The van der Waals surface area contributed by atoms with E-state index in [1.165, 1.54) is 16.4 Å². The summed E-state index contributed by atoms with van der Waals surface area (Å²) in [5, 5.41) is 3.35. The first-order valence-electron chi connectivity index (χ1n) is 9.19. The van der Waals surface area contributed by atoms with Gasteiger partial charge in [0.1, 0.15) is 5.82 Å². The minimum absolute atomic E-state index is 0.0476. The van der Waals surface area contributed by atoms with E-state index in [2.05, 4.69) is 10.2 Å². The molecule has 1 N–H and O–H groups in total. The van der Waals surface area contributed by atoms with Crippen LogP contribution in [-0.2, 0) is 10.2 Å². The number of benzene rings is 2. The SMILES string of the molecule is O=S1(=O)N(CCN2CCCNCC2)c2ccccc2N1c1ccccc1F. The summed E-state index contributed by atoms with van der Waals surface area (Å²) in [4.78, 5) is 2.27. The van der Waals surface area contributed by atoms with Gasteiger partial charge >= 0.3 is 10.2 Å². The Hall–Kier alpha value is -2.16. The van der Waals surface area contributed by atoms with Gasteiger partial charge in [0.15, 0.2) is 0 Å². The highest BCUT2D eigenvalue weighted by atomic mass is 32.2. The number of anilines is 3. The lowest BCUT2D eigenvalue weighted by Crippen LogP contribution is -2.41. The zero-order valence-electron chi connectivity index (χ0n) is 15.0. The quantitative estimate of drug-likeness (QED) is 0.871. The van der Waals surface area contributed by atoms with Gasteiger partial charge in [-0.3, -0.25) is 0 Å². The molecule has 27 heavy (non-hydrogen) atoms. The molecule has 4 rings (SSSR count). The van der Waals surface area contributed by atoms with E-state index in [9.17, 15) is 12.8 Å². The number of para-hydroxylation sites is 3. The van der Waals surface area contributed by atoms with Gasteiger partial charge in [0.25, 0.3) is 0 Å². The summed E-state index contributed by atoms with van der Waals surface area (Å²) in [6.07, 6.45) is 1.05. The van der Waals surface area contributed by atoms with Gasteiger partial charge in [0, 0.05) is 26.2 Å². The van der Waals surface area contributed by atoms with Crippen LogP contribution in [0.3, 0.4) is 0 Å². The monoisotopic (exact) mass is 390 g/mol. The molecule has 2 aliphatic heterocycles. The Morgan fingerprint density at radius 2 is 1.59 bits per heavy atom. The van der Waals surface area contributed by atoms with E-state index in [0.717, 1.165) is 36.9 Å². The molecule has 1 saturated heterocycles. The number of fused-ring (bicyclic) bond motifs is 1. The second-order valence-corrected chi connectivity index (χ2v) is 8.43. The molecule has 2 aromatic carbocycles. The Balaban J connectivity index is 1.66. The van der Waals surface area contributed by atoms with Crippen molar-refractivity contribution in [3.63, 3.8) is 0 Å². The molecule has 0 bridgehead atoms. The van der Waals surface area contributed by atoms with Crippen molar-refractivity contribution in [3.05, 3.63) is 54.3 Å². The zero-order valence-corrected chi connectivity index (χ0v) is 15.8. The fourth-order valence-corrected chi connectivity index (χ4v) is 5.37. The van der Waals surface area contributed by atoms with Gasteiger partial charge in [-0.2, -0.15) is 8.42 Å². The molecular formula is C19H23FN4O2S. The van der Waals surface area contributed by atoms with E-state index in [0.29, 0.717) is 24.5 Å². The largest absolute Gasteiger partial charge is 0.331 e. The lowest BCUT2D eigenvalue weighted by atomic mass is 10.2. The van der Waals surface area contributed by atoms with Crippen LogP contribution in [0, 0.1) is 5.82 Å². The van der Waals surface area contributed by atoms with E-state index < -0.39 is 16.0 Å². The highest BCUT2D eigenvalue weighted by molar-refractivity contribution is 7.95. The maximum absolute atomic E-state index is 14.4. The third-order valence-electron chi connectivity index (χ3n) is 5.00. The Kier molecular flexibility index (Phi) is 5.03. The fraction of sp³-hybridized carbons (Fsp3) is 0.368. The molecule has 2 aromatic rings. The maximum atomic E-state index is 14.4. The van der Waals surface area contributed by atoms with Crippen LogP contribution in [0.25, 0.3) is 0 Å². The van der Waals surface area contributed by atoms with Crippen LogP contribution in [-0.4, -0.2) is 52.6 Å². The van der Waals surface area contributed by atoms with Crippen molar-refractivity contribution in [1.82, 2.24) is 10.2 Å². The van der Waals surface area contributed by atoms with Crippen molar-refractivity contribution in [2.45, 2.75) is 6.42 Å². The maximum Gasteiger partial charge on any atom is 0.331 e. The lowest BCUT2D eigenvalue weighted by molar-refractivity contribution is 0.301. The highest BCUT2D eigenvalue weighted by Crippen LogP contribution is 2.45. The normalized spacial score (nSPS) is 19.7. The minimum atomic E-state index is -3.89. The third-order valence-corrected chi connectivity index (χ3v) is 6.79. The molecule has 144 valence electrons. The molecule has 0 radical (unpaired) electrons. The molecule has 0 unspecified atom stereocenters. The van der Waals surface area contributed by atoms with Gasteiger partial charge < -0.3 is 10.2 Å². The highest BCUT2D eigenvalue weighted by Gasteiger charge is 2.42. The molecule has 2 aliphatic rings. The standard InChI is InChI=1S/C19H23FN4O2S/c20-16-6-1-2-7-17(16)24-19-9-4-3-8-18(19)23(27(24,25)26)15-14-22-12-5-10-21-11-13-22/h1-4,6-9,21H,5,10-15H2. The van der Waals surface area contributed by atoms with E-state index in [1.807, 2.05) is 6.07 Å². The first-order chi connectivity index (χ1) is 13.1. The number of hydrogen-bond donors (Lipinski definition) is 1. The van der Waals surface area contributed by atoms with E-state index in [-0.39, 0.29) is 5.69 Å². The van der Waals surface area contributed by atoms with Gasteiger partial charge in [-0.15, -0.1) is 0 Å². The Morgan fingerprint density at radius 1 is 0.889 bits per heavy atom. The second-order valence-electron chi connectivity index (χ2n) is 6.73. The second kappa shape index (κ2) is 7.46. The van der Waals surface area contributed by atoms with Crippen LogP contribution in [0.5, 0.6) is 0 Å². The molecule has 0 aliphatic carbocycles. The van der Waals surface area contributed by atoms with Crippen molar-refractivity contribution in [3.8, 4) is 0 Å². The fourth-order valence-electron chi connectivity index (χ4n) is 3.66. The van der Waals surface area contributed by atoms with Crippen LogP contribution in [0.2, 0.25) is 0 Å². The van der Waals surface area contributed by atoms with Crippen LogP contribution in [0.4, 0.5) is 21.5 Å². The van der Waals surface area contributed by atoms with Gasteiger partial charge in [0.05, 0.1) is 17.1 Å². The van der Waals surface area contributed by atoms with E-state index >= 15 is 0 Å². The Bertz CT molecular complexity index is 913. The molecule has 1 fully saturated rings. The number of nitrogens with zero attached hydrogens (tertiary/aromatic N) is 3. The predicted molar refractivity (Wildman–Crippen MR) is 105 cm³/mol. The van der Waals surface area contributed by atoms with Crippen LogP contribution < -0.4 is 13.9 Å².